The Balaban J connectivity index is 2.92. The summed E-state index contributed by atoms with van der Waals surface area (Å²) in [6, 6.07) is 0.218. The van der Waals surface area contributed by atoms with Crippen LogP contribution in [0.1, 0.15) is 37.4 Å². The van der Waals surface area contributed by atoms with Crippen LogP contribution in [0.25, 0.3) is 0 Å². The molecule has 1 N–H and O–H groups in total. The predicted molar refractivity (Wildman–Crippen MR) is 60.5 cm³/mol. The van der Waals surface area contributed by atoms with Gasteiger partial charge in [-0.25, -0.2) is 0 Å². The second kappa shape index (κ2) is 5.22. The first-order valence-corrected chi connectivity index (χ1v) is 5.67. The lowest BCUT2D eigenvalue weighted by Crippen LogP contribution is -2.21. The third-order valence-corrected chi connectivity index (χ3v) is 2.91. The van der Waals surface area contributed by atoms with E-state index in [-0.39, 0.29) is 6.04 Å². The minimum atomic E-state index is 0.218. The van der Waals surface area contributed by atoms with Gasteiger partial charge in [0.2, 0.25) is 0 Å². The van der Waals surface area contributed by atoms with Gasteiger partial charge in [0.25, 0.3) is 0 Å². The van der Waals surface area contributed by atoms with Crippen LogP contribution in [0.4, 0.5) is 0 Å². The van der Waals surface area contributed by atoms with Crippen molar-refractivity contribution in [2.24, 2.45) is 0 Å². The predicted octanol–water partition coefficient (Wildman–Crippen LogP) is 2.33. The Hall–Kier alpha value is -0.740. The van der Waals surface area contributed by atoms with Crippen LogP contribution in [0, 0.1) is 0 Å². The van der Waals surface area contributed by atoms with Crippen molar-refractivity contribution in [3.8, 4) is 0 Å². The van der Waals surface area contributed by atoms with Crippen LogP contribution >= 0.6 is 11.5 Å². The number of nitrogens with zero attached hydrogens (tertiary/aromatic N) is 2. The summed E-state index contributed by atoms with van der Waals surface area (Å²) in [5.41, 5.74) is 2.21. The average molecular weight is 211 g/mol. The molecule has 0 aliphatic rings. The maximum absolute atomic E-state index is 4.11. The first-order chi connectivity index (χ1) is 6.70. The highest BCUT2D eigenvalue weighted by atomic mass is 32.1. The van der Waals surface area contributed by atoms with E-state index in [1.807, 2.05) is 6.92 Å². The van der Waals surface area contributed by atoms with Crippen LogP contribution in [0.2, 0.25) is 0 Å². The van der Waals surface area contributed by atoms with Gasteiger partial charge < -0.3 is 5.32 Å². The highest BCUT2D eigenvalue weighted by Crippen LogP contribution is 2.25. The standard InChI is InChI=1S/C10H17N3S/c1-5-8-10(14-13-12-8)9(7(3)4)11-6-2/h9,11H,3,5-6H2,1-2,4H3. The molecule has 1 aromatic heterocycles. The lowest BCUT2D eigenvalue weighted by molar-refractivity contribution is 0.624. The second-order valence-electron chi connectivity index (χ2n) is 3.27. The molecule has 0 bridgehead atoms. The molecule has 0 amide bonds. The molecule has 0 saturated carbocycles. The minimum absolute atomic E-state index is 0.218. The topological polar surface area (TPSA) is 37.8 Å². The Morgan fingerprint density at radius 3 is 2.79 bits per heavy atom. The fourth-order valence-corrected chi connectivity index (χ4v) is 2.28. The maximum atomic E-state index is 4.11. The zero-order valence-corrected chi connectivity index (χ0v) is 9.82. The molecule has 1 unspecified atom stereocenters. The van der Waals surface area contributed by atoms with E-state index in [1.54, 1.807) is 0 Å². The van der Waals surface area contributed by atoms with E-state index in [0.29, 0.717) is 0 Å². The number of hydrogen-bond acceptors (Lipinski definition) is 4. The summed E-state index contributed by atoms with van der Waals surface area (Å²) in [5.74, 6) is 0. The van der Waals surface area contributed by atoms with Crippen LogP contribution in [-0.2, 0) is 6.42 Å². The SMILES string of the molecule is C=C(C)C(NCC)c1snnc1CC. The Labute approximate surface area is 89.4 Å². The van der Waals surface area contributed by atoms with E-state index < -0.39 is 0 Å². The first kappa shape index (κ1) is 11.3. The molecule has 0 aliphatic heterocycles. The smallest absolute Gasteiger partial charge is 0.0804 e. The molecule has 14 heavy (non-hydrogen) atoms. The summed E-state index contributed by atoms with van der Waals surface area (Å²) in [7, 11) is 0. The number of nitrogens with one attached hydrogen (secondary N) is 1. The molecule has 1 rings (SSSR count). The van der Waals surface area contributed by atoms with Crippen molar-refractivity contribution in [2.45, 2.75) is 33.2 Å². The highest BCUT2D eigenvalue weighted by molar-refractivity contribution is 7.05. The maximum Gasteiger partial charge on any atom is 0.0804 e. The summed E-state index contributed by atoms with van der Waals surface area (Å²) in [6.45, 7) is 11.1. The highest BCUT2D eigenvalue weighted by Gasteiger charge is 2.17. The zero-order chi connectivity index (χ0) is 10.6. The molecular formula is C10H17N3S. The van der Waals surface area contributed by atoms with Gasteiger partial charge in [-0.05, 0) is 31.4 Å². The summed E-state index contributed by atoms with van der Waals surface area (Å²) >= 11 is 1.47. The molecule has 0 fully saturated rings. The van der Waals surface area contributed by atoms with Gasteiger partial charge in [0.05, 0.1) is 16.6 Å². The van der Waals surface area contributed by atoms with Gasteiger partial charge in [0, 0.05) is 0 Å². The van der Waals surface area contributed by atoms with E-state index in [1.165, 1.54) is 16.4 Å². The van der Waals surface area contributed by atoms with E-state index in [2.05, 4.69) is 35.3 Å². The molecule has 1 aromatic rings. The molecule has 0 saturated heterocycles. The van der Waals surface area contributed by atoms with Crippen molar-refractivity contribution in [3.05, 3.63) is 22.7 Å². The molecule has 78 valence electrons. The Morgan fingerprint density at radius 2 is 2.29 bits per heavy atom. The number of aryl methyl sites for hydroxylation is 1. The summed E-state index contributed by atoms with van der Waals surface area (Å²) in [4.78, 5) is 1.21. The van der Waals surface area contributed by atoms with Gasteiger partial charge in [-0.2, -0.15) is 0 Å². The van der Waals surface area contributed by atoms with Gasteiger partial charge in [-0.15, -0.1) is 5.10 Å². The summed E-state index contributed by atoms with van der Waals surface area (Å²) in [6.07, 6.45) is 0.932. The van der Waals surface area contributed by atoms with Crippen LogP contribution in [-0.4, -0.2) is 16.1 Å². The third kappa shape index (κ3) is 2.39. The molecule has 4 heteroatoms. The van der Waals surface area contributed by atoms with E-state index in [4.69, 9.17) is 0 Å². The number of rotatable bonds is 5. The van der Waals surface area contributed by atoms with E-state index in [9.17, 15) is 0 Å². The summed E-state index contributed by atoms with van der Waals surface area (Å²) < 4.78 is 3.99. The first-order valence-electron chi connectivity index (χ1n) is 4.90. The van der Waals surface area contributed by atoms with Crippen molar-refractivity contribution in [3.63, 3.8) is 0 Å². The van der Waals surface area contributed by atoms with Crippen LogP contribution in [0.15, 0.2) is 12.2 Å². The Morgan fingerprint density at radius 1 is 1.57 bits per heavy atom. The normalized spacial score (nSPS) is 12.8. The van der Waals surface area contributed by atoms with Gasteiger partial charge in [0.15, 0.2) is 0 Å². The monoisotopic (exact) mass is 211 g/mol. The van der Waals surface area contributed by atoms with Crippen LogP contribution < -0.4 is 5.32 Å². The third-order valence-electron chi connectivity index (χ3n) is 2.08. The van der Waals surface area contributed by atoms with Crippen molar-refractivity contribution in [1.29, 1.82) is 0 Å². The minimum Gasteiger partial charge on any atom is -0.306 e. The van der Waals surface area contributed by atoms with E-state index in [0.717, 1.165) is 24.2 Å². The molecule has 3 nitrogen and oxygen atoms in total. The molecule has 0 aliphatic carbocycles. The number of likely N-dealkylation sites (N-methyl/N-ethyl adjacent to an activating group) is 1. The molecule has 1 heterocycles. The molecule has 1 atom stereocenters. The number of aromatic nitrogens is 2. The second-order valence-corrected chi connectivity index (χ2v) is 4.06. The van der Waals surface area contributed by atoms with Crippen LogP contribution in [0.3, 0.4) is 0 Å². The Kier molecular flexibility index (Phi) is 4.22. The van der Waals surface area contributed by atoms with Gasteiger partial charge in [0.1, 0.15) is 0 Å². The quantitative estimate of drug-likeness (QED) is 0.760. The fourth-order valence-electron chi connectivity index (χ4n) is 1.37. The van der Waals surface area contributed by atoms with Crippen molar-refractivity contribution >= 4 is 11.5 Å². The lowest BCUT2D eigenvalue weighted by Gasteiger charge is -2.16. The number of hydrogen-bond donors (Lipinski definition) is 1. The van der Waals surface area contributed by atoms with Crippen molar-refractivity contribution < 1.29 is 0 Å². The summed E-state index contributed by atoms with van der Waals surface area (Å²) in [5, 5.41) is 7.50. The van der Waals surface area contributed by atoms with E-state index >= 15 is 0 Å². The molecule has 0 aromatic carbocycles. The molecule has 0 radical (unpaired) electrons. The van der Waals surface area contributed by atoms with Crippen molar-refractivity contribution in [2.75, 3.05) is 6.54 Å². The van der Waals surface area contributed by atoms with Gasteiger partial charge >= 0.3 is 0 Å². The fraction of sp³-hybridized carbons (Fsp3) is 0.600. The van der Waals surface area contributed by atoms with Gasteiger partial charge in [-0.1, -0.05) is 30.5 Å². The van der Waals surface area contributed by atoms with Crippen LogP contribution in [0.5, 0.6) is 0 Å². The zero-order valence-electron chi connectivity index (χ0n) is 9.00. The van der Waals surface area contributed by atoms with Gasteiger partial charge in [-0.3, -0.25) is 0 Å². The lowest BCUT2D eigenvalue weighted by atomic mass is 10.1. The largest absolute Gasteiger partial charge is 0.306 e. The average Bonchev–Trinajstić information content (AvgIpc) is 2.61. The molecular weight excluding hydrogens is 194 g/mol. The Bertz CT molecular complexity index is 306. The molecule has 0 spiro atoms. The van der Waals surface area contributed by atoms with Crippen molar-refractivity contribution in [1.82, 2.24) is 14.9 Å².